The van der Waals surface area contributed by atoms with Crippen molar-refractivity contribution in [3.05, 3.63) is 53.6 Å². The van der Waals surface area contributed by atoms with Crippen LogP contribution in [0.1, 0.15) is 10.4 Å². The van der Waals surface area contributed by atoms with Gasteiger partial charge in [-0.05, 0) is 30.3 Å². The zero-order valence-corrected chi connectivity index (χ0v) is 11.6. The Kier molecular flexibility index (Phi) is 4.07. The fourth-order valence-electron chi connectivity index (χ4n) is 1.94. The van der Waals surface area contributed by atoms with Crippen molar-refractivity contribution in [3.8, 4) is 0 Å². The van der Waals surface area contributed by atoms with Crippen LogP contribution in [0.15, 0.2) is 36.4 Å². The first kappa shape index (κ1) is 14.8. The summed E-state index contributed by atoms with van der Waals surface area (Å²) in [6.07, 6.45) is 0. The maximum Gasteiger partial charge on any atom is 0.340 e. The average molecular weight is 292 g/mol. The number of hydrogen-bond acceptors (Lipinski definition) is 4. The fraction of sp³-hybridized carbons (Fsp3) is 0.133. The number of nitrogens with zero attached hydrogens (tertiary/aromatic N) is 1. The van der Waals surface area contributed by atoms with E-state index >= 15 is 0 Å². The van der Waals surface area contributed by atoms with Crippen LogP contribution in [0.2, 0.25) is 0 Å². The van der Waals surface area contributed by atoms with Crippen LogP contribution in [-0.2, 0) is 4.74 Å². The van der Waals surface area contributed by atoms with Gasteiger partial charge in [-0.1, -0.05) is 6.07 Å². The van der Waals surface area contributed by atoms with Crippen molar-refractivity contribution in [2.45, 2.75) is 0 Å². The van der Waals surface area contributed by atoms with E-state index in [1.54, 1.807) is 13.1 Å². The van der Waals surface area contributed by atoms with Crippen LogP contribution in [0.5, 0.6) is 0 Å². The molecule has 0 saturated heterocycles. The smallest absolute Gasteiger partial charge is 0.340 e. The Bertz CT molecular complexity index is 689. The number of benzene rings is 2. The third-order valence-electron chi connectivity index (χ3n) is 3.08. The maximum atomic E-state index is 14.1. The van der Waals surface area contributed by atoms with Gasteiger partial charge >= 0.3 is 5.97 Å². The Morgan fingerprint density at radius 2 is 1.95 bits per heavy atom. The van der Waals surface area contributed by atoms with Gasteiger partial charge in [0.25, 0.3) is 0 Å². The summed E-state index contributed by atoms with van der Waals surface area (Å²) in [6.45, 7) is 0. The molecular weight excluding hydrogens is 278 g/mol. The minimum Gasteiger partial charge on any atom is -0.465 e. The predicted molar refractivity (Wildman–Crippen MR) is 76.6 cm³/mol. The number of carbonyl (C=O) groups is 1. The summed E-state index contributed by atoms with van der Waals surface area (Å²) in [5, 5.41) is 0. The van der Waals surface area contributed by atoms with Gasteiger partial charge in [0, 0.05) is 18.4 Å². The molecule has 2 rings (SSSR count). The molecule has 0 saturated carbocycles. The van der Waals surface area contributed by atoms with Crippen molar-refractivity contribution in [2.24, 2.45) is 0 Å². The van der Waals surface area contributed by atoms with E-state index in [4.69, 9.17) is 5.73 Å². The number of hydrogen-bond donors (Lipinski definition) is 1. The highest BCUT2D eigenvalue weighted by Gasteiger charge is 2.17. The van der Waals surface area contributed by atoms with E-state index in [2.05, 4.69) is 4.74 Å². The number of carbonyl (C=O) groups excluding carboxylic acids is 1. The Balaban J connectivity index is 2.50. The minimum atomic E-state index is -0.665. The van der Waals surface area contributed by atoms with Crippen LogP contribution in [0.3, 0.4) is 0 Å². The predicted octanol–water partition coefficient (Wildman–Crippen LogP) is 3.10. The highest BCUT2D eigenvalue weighted by molar-refractivity contribution is 5.96. The number of ether oxygens (including phenoxy) is 1. The number of nitrogens with two attached hydrogens (primary N) is 1. The normalized spacial score (nSPS) is 10.3. The molecule has 0 bridgehead atoms. The van der Waals surface area contributed by atoms with E-state index in [1.165, 1.54) is 36.3 Å². The number of esters is 1. The number of methoxy groups -OCH3 is 1. The number of nitrogen functional groups attached to an aromatic ring is 1. The lowest BCUT2D eigenvalue weighted by atomic mass is 10.1. The zero-order chi connectivity index (χ0) is 15.6. The van der Waals surface area contributed by atoms with Crippen LogP contribution in [0.4, 0.5) is 25.8 Å². The Labute approximate surface area is 120 Å². The van der Waals surface area contributed by atoms with E-state index in [0.717, 1.165) is 6.07 Å². The van der Waals surface area contributed by atoms with Crippen LogP contribution < -0.4 is 10.6 Å². The van der Waals surface area contributed by atoms with Gasteiger partial charge < -0.3 is 15.4 Å². The summed E-state index contributed by atoms with van der Waals surface area (Å²) in [4.78, 5) is 13.0. The molecule has 0 amide bonds. The summed E-state index contributed by atoms with van der Waals surface area (Å²) in [7, 11) is 2.77. The van der Waals surface area contributed by atoms with Gasteiger partial charge in [0.05, 0.1) is 18.4 Å². The lowest BCUT2D eigenvalue weighted by molar-refractivity contribution is 0.0602. The van der Waals surface area contributed by atoms with Gasteiger partial charge in [0.1, 0.15) is 11.6 Å². The second-order valence-electron chi connectivity index (χ2n) is 4.42. The van der Waals surface area contributed by atoms with Crippen molar-refractivity contribution < 1.29 is 18.3 Å². The van der Waals surface area contributed by atoms with Crippen LogP contribution in [0, 0.1) is 11.6 Å². The van der Waals surface area contributed by atoms with E-state index in [1.807, 2.05) is 0 Å². The topological polar surface area (TPSA) is 55.6 Å². The second-order valence-corrected chi connectivity index (χ2v) is 4.42. The molecule has 0 heterocycles. The molecular formula is C15H14F2N2O2. The first-order chi connectivity index (χ1) is 9.93. The standard InChI is InChI=1S/C15H14F2N2O2/c1-19(10-5-3-4-9(16)6-10)14-7-11(15(20)21-2)13(18)8-12(14)17/h3-8H,18H2,1-2H3. The summed E-state index contributed by atoms with van der Waals surface area (Å²) >= 11 is 0. The second kappa shape index (κ2) is 5.78. The molecule has 0 aromatic heterocycles. The number of halogens is 2. The first-order valence-electron chi connectivity index (χ1n) is 6.10. The highest BCUT2D eigenvalue weighted by atomic mass is 19.1. The molecule has 0 aliphatic carbocycles. The SMILES string of the molecule is COC(=O)c1cc(N(C)c2cccc(F)c2)c(F)cc1N. The fourth-order valence-corrected chi connectivity index (χ4v) is 1.94. The van der Waals surface area contributed by atoms with Gasteiger partial charge in [-0.25, -0.2) is 13.6 Å². The molecule has 6 heteroatoms. The van der Waals surface area contributed by atoms with Gasteiger partial charge in [0.2, 0.25) is 0 Å². The summed E-state index contributed by atoms with van der Waals surface area (Å²) in [5.74, 6) is -1.73. The molecule has 0 spiro atoms. The Morgan fingerprint density at radius 3 is 2.57 bits per heavy atom. The van der Waals surface area contributed by atoms with Crippen molar-refractivity contribution in [1.29, 1.82) is 0 Å². The zero-order valence-electron chi connectivity index (χ0n) is 11.6. The highest BCUT2D eigenvalue weighted by Crippen LogP contribution is 2.30. The summed E-state index contributed by atoms with van der Waals surface area (Å²) in [6, 6.07) is 8.00. The molecule has 2 N–H and O–H groups in total. The Morgan fingerprint density at radius 1 is 1.24 bits per heavy atom. The molecule has 0 atom stereocenters. The number of rotatable bonds is 3. The molecule has 2 aromatic carbocycles. The molecule has 0 aliphatic heterocycles. The van der Waals surface area contributed by atoms with Gasteiger partial charge in [0.15, 0.2) is 0 Å². The minimum absolute atomic E-state index is 0.0178. The summed E-state index contributed by atoms with van der Waals surface area (Å²) in [5.41, 5.74) is 6.18. The molecule has 0 radical (unpaired) electrons. The van der Waals surface area contributed by atoms with Crippen molar-refractivity contribution in [3.63, 3.8) is 0 Å². The van der Waals surface area contributed by atoms with E-state index in [-0.39, 0.29) is 16.9 Å². The van der Waals surface area contributed by atoms with E-state index < -0.39 is 17.6 Å². The molecule has 0 aliphatic rings. The first-order valence-corrected chi connectivity index (χ1v) is 6.10. The summed E-state index contributed by atoms with van der Waals surface area (Å²) < 4.78 is 31.9. The van der Waals surface area contributed by atoms with E-state index in [9.17, 15) is 13.6 Å². The van der Waals surface area contributed by atoms with Crippen LogP contribution in [0.25, 0.3) is 0 Å². The van der Waals surface area contributed by atoms with Gasteiger partial charge in [-0.3, -0.25) is 0 Å². The van der Waals surface area contributed by atoms with Crippen molar-refractivity contribution in [2.75, 3.05) is 24.8 Å². The quantitative estimate of drug-likeness (QED) is 0.697. The van der Waals surface area contributed by atoms with E-state index in [0.29, 0.717) is 5.69 Å². The molecule has 21 heavy (non-hydrogen) atoms. The lowest BCUT2D eigenvalue weighted by Crippen LogP contribution is -2.14. The molecule has 2 aromatic rings. The van der Waals surface area contributed by atoms with Crippen molar-refractivity contribution in [1.82, 2.24) is 0 Å². The average Bonchev–Trinajstić information content (AvgIpc) is 2.46. The van der Waals surface area contributed by atoms with Crippen LogP contribution in [-0.4, -0.2) is 20.1 Å². The van der Waals surface area contributed by atoms with Gasteiger partial charge in [-0.15, -0.1) is 0 Å². The Hall–Kier alpha value is -2.63. The lowest BCUT2D eigenvalue weighted by Gasteiger charge is -2.21. The molecule has 0 fully saturated rings. The monoisotopic (exact) mass is 292 g/mol. The largest absolute Gasteiger partial charge is 0.465 e. The third-order valence-corrected chi connectivity index (χ3v) is 3.08. The van der Waals surface area contributed by atoms with Crippen molar-refractivity contribution >= 4 is 23.0 Å². The van der Waals surface area contributed by atoms with Crippen LogP contribution >= 0.6 is 0 Å². The van der Waals surface area contributed by atoms with Gasteiger partial charge in [-0.2, -0.15) is 0 Å². The molecule has 0 unspecified atom stereocenters. The molecule has 110 valence electrons. The maximum absolute atomic E-state index is 14.1. The number of anilines is 3. The molecule has 4 nitrogen and oxygen atoms in total. The third kappa shape index (κ3) is 2.94.